The van der Waals surface area contributed by atoms with Crippen LogP contribution in [0.15, 0.2) is 24.5 Å². The van der Waals surface area contributed by atoms with Crippen molar-refractivity contribution in [2.45, 2.75) is 51.6 Å². The summed E-state index contributed by atoms with van der Waals surface area (Å²) in [5, 5.41) is 3.77. The monoisotopic (exact) mass is 275 g/mol. The van der Waals surface area contributed by atoms with E-state index >= 15 is 0 Å². The largest absolute Gasteiger partial charge is 0.312 e. The van der Waals surface area contributed by atoms with Crippen molar-refractivity contribution in [3.8, 4) is 0 Å². The average Bonchev–Trinajstić information content (AvgIpc) is 2.98. The van der Waals surface area contributed by atoms with Gasteiger partial charge in [0.05, 0.1) is 0 Å². The number of nitrogens with one attached hydrogen (secondary N) is 1. The van der Waals surface area contributed by atoms with Crippen molar-refractivity contribution in [2.75, 3.05) is 20.1 Å². The molecule has 3 nitrogen and oxygen atoms in total. The molecule has 0 amide bonds. The Hall–Kier alpha value is -0.930. The summed E-state index contributed by atoms with van der Waals surface area (Å²) in [5.41, 5.74) is 1.30. The van der Waals surface area contributed by atoms with Crippen LogP contribution in [0, 0.1) is 5.92 Å². The van der Waals surface area contributed by atoms with Crippen LogP contribution in [0.3, 0.4) is 0 Å². The van der Waals surface area contributed by atoms with Gasteiger partial charge in [-0.1, -0.05) is 25.8 Å². The fourth-order valence-corrected chi connectivity index (χ4v) is 3.27. The van der Waals surface area contributed by atoms with E-state index in [1.165, 1.54) is 37.7 Å². The van der Waals surface area contributed by atoms with Crippen molar-refractivity contribution in [2.24, 2.45) is 5.92 Å². The van der Waals surface area contributed by atoms with Gasteiger partial charge in [0.15, 0.2) is 0 Å². The van der Waals surface area contributed by atoms with Gasteiger partial charge < -0.3 is 10.2 Å². The minimum absolute atomic E-state index is 0.652. The number of aromatic nitrogens is 1. The van der Waals surface area contributed by atoms with Gasteiger partial charge in [0.2, 0.25) is 0 Å². The zero-order valence-corrected chi connectivity index (χ0v) is 13.0. The first-order valence-electron chi connectivity index (χ1n) is 8.10. The molecule has 0 spiro atoms. The Bertz CT molecular complexity index is 360. The molecule has 0 radical (unpaired) electrons. The highest BCUT2D eigenvalue weighted by Gasteiger charge is 2.25. The second-order valence-corrected chi connectivity index (χ2v) is 6.16. The third-order valence-electron chi connectivity index (χ3n) is 4.31. The summed E-state index contributed by atoms with van der Waals surface area (Å²) < 4.78 is 0. The van der Waals surface area contributed by atoms with Gasteiger partial charge in [-0.15, -0.1) is 0 Å². The molecule has 1 aliphatic rings. The van der Waals surface area contributed by atoms with Crippen LogP contribution in [0.25, 0.3) is 0 Å². The quantitative estimate of drug-likeness (QED) is 0.790. The lowest BCUT2D eigenvalue weighted by molar-refractivity contribution is 0.235. The van der Waals surface area contributed by atoms with Gasteiger partial charge in [-0.2, -0.15) is 0 Å². The van der Waals surface area contributed by atoms with E-state index in [0.29, 0.717) is 6.04 Å². The van der Waals surface area contributed by atoms with Gasteiger partial charge in [-0.3, -0.25) is 4.98 Å². The van der Waals surface area contributed by atoms with Gasteiger partial charge >= 0.3 is 0 Å². The summed E-state index contributed by atoms with van der Waals surface area (Å²) >= 11 is 0. The van der Waals surface area contributed by atoms with Crippen molar-refractivity contribution in [1.82, 2.24) is 15.2 Å². The van der Waals surface area contributed by atoms with Crippen LogP contribution >= 0.6 is 0 Å². The minimum Gasteiger partial charge on any atom is -0.312 e. The van der Waals surface area contributed by atoms with E-state index < -0.39 is 0 Å². The topological polar surface area (TPSA) is 28.2 Å². The lowest BCUT2D eigenvalue weighted by Crippen LogP contribution is -2.44. The van der Waals surface area contributed by atoms with Gasteiger partial charge in [0, 0.05) is 31.5 Å². The zero-order chi connectivity index (χ0) is 14.2. The van der Waals surface area contributed by atoms with Gasteiger partial charge in [0.25, 0.3) is 0 Å². The summed E-state index contributed by atoms with van der Waals surface area (Å²) in [5.74, 6) is 0.873. The molecule has 1 fully saturated rings. The first-order chi connectivity index (χ1) is 9.79. The molecule has 112 valence electrons. The first-order valence-corrected chi connectivity index (χ1v) is 8.10. The van der Waals surface area contributed by atoms with Crippen LogP contribution in [0.5, 0.6) is 0 Å². The molecule has 1 atom stereocenters. The van der Waals surface area contributed by atoms with Gasteiger partial charge in [-0.05, 0) is 50.4 Å². The second kappa shape index (κ2) is 8.38. The van der Waals surface area contributed by atoms with Gasteiger partial charge in [-0.25, -0.2) is 0 Å². The Morgan fingerprint density at radius 1 is 1.40 bits per heavy atom. The molecule has 20 heavy (non-hydrogen) atoms. The standard InChI is InChI=1S/C17H29N3/c1-3-10-19-17(16-8-4-5-9-16)14-20(2)13-15-7-6-11-18-12-15/h6-7,11-12,16-17,19H,3-5,8-10,13-14H2,1-2H3. The van der Waals surface area contributed by atoms with E-state index in [0.717, 1.165) is 25.6 Å². The molecular formula is C17H29N3. The third kappa shape index (κ3) is 4.88. The SMILES string of the molecule is CCCNC(CN(C)Cc1cccnc1)C1CCCC1. The summed E-state index contributed by atoms with van der Waals surface area (Å²) in [6.45, 7) is 5.52. The van der Waals surface area contributed by atoms with Gasteiger partial charge in [0.1, 0.15) is 0 Å². The fourth-order valence-electron chi connectivity index (χ4n) is 3.27. The maximum absolute atomic E-state index is 4.20. The highest BCUT2D eigenvalue weighted by Crippen LogP contribution is 2.28. The van der Waals surface area contributed by atoms with E-state index in [1.54, 1.807) is 0 Å². The van der Waals surface area contributed by atoms with Crippen LogP contribution in [-0.4, -0.2) is 36.1 Å². The Morgan fingerprint density at radius 3 is 2.85 bits per heavy atom. The number of nitrogens with zero attached hydrogens (tertiary/aromatic N) is 2. The predicted molar refractivity (Wildman–Crippen MR) is 84.6 cm³/mol. The van der Waals surface area contributed by atoms with E-state index in [2.05, 4.69) is 35.2 Å². The highest BCUT2D eigenvalue weighted by molar-refractivity contribution is 5.08. The van der Waals surface area contributed by atoms with E-state index in [1.807, 2.05) is 18.5 Å². The first kappa shape index (κ1) is 15.5. The molecule has 2 rings (SSSR count). The lowest BCUT2D eigenvalue weighted by Gasteiger charge is -2.29. The smallest absolute Gasteiger partial charge is 0.0312 e. The van der Waals surface area contributed by atoms with E-state index in [4.69, 9.17) is 0 Å². The Balaban J connectivity index is 1.85. The van der Waals surface area contributed by atoms with Crippen molar-refractivity contribution in [3.05, 3.63) is 30.1 Å². The average molecular weight is 275 g/mol. The lowest BCUT2D eigenvalue weighted by atomic mass is 9.97. The minimum atomic E-state index is 0.652. The molecule has 1 saturated carbocycles. The van der Waals surface area contributed by atoms with Crippen LogP contribution in [0.4, 0.5) is 0 Å². The molecule has 3 heteroatoms. The van der Waals surface area contributed by atoms with Crippen molar-refractivity contribution in [3.63, 3.8) is 0 Å². The molecule has 1 aromatic heterocycles. The third-order valence-corrected chi connectivity index (χ3v) is 4.31. The molecule has 0 bridgehead atoms. The molecule has 0 aromatic carbocycles. The normalized spacial score (nSPS) is 17.8. The Kier molecular flexibility index (Phi) is 6.48. The predicted octanol–water partition coefficient (Wildman–Crippen LogP) is 3.07. The molecular weight excluding hydrogens is 246 g/mol. The van der Waals surface area contributed by atoms with Crippen molar-refractivity contribution >= 4 is 0 Å². The van der Waals surface area contributed by atoms with Crippen LogP contribution in [0.2, 0.25) is 0 Å². The summed E-state index contributed by atoms with van der Waals surface area (Å²) in [7, 11) is 2.22. The maximum Gasteiger partial charge on any atom is 0.0312 e. The van der Waals surface area contributed by atoms with Crippen LogP contribution < -0.4 is 5.32 Å². The highest BCUT2D eigenvalue weighted by atomic mass is 15.1. The second-order valence-electron chi connectivity index (χ2n) is 6.16. The zero-order valence-electron chi connectivity index (χ0n) is 13.0. The summed E-state index contributed by atoms with van der Waals surface area (Å²) in [6.07, 6.45) is 10.7. The number of hydrogen-bond donors (Lipinski definition) is 1. The van der Waals surface area contributed by atoms with E-state index in [-0.39, 0.29) is 0 Å². The number of pyridine rings is 1. The van der Waals surface area contributed by atoms with Crippen molar-refractivity contribution in [1.29, 1.82) is 0 Å². The molecule has 1 N–H and O–H groups in total. The number of likely N-dealkylation sites (N-methyl/N-ethyl adjacent to an activating group) is 1. The molecule has 1 aromatic rings. The number of rotatable bonds is 8. The molecule has 0 aliphatic heterocycles. The Morgan fingerprint density at radius 2 is 2.20 bits per heavy atom. The maximum atomic E-state index is 4.20. The molecule has 1 aliphatic carbocycles. The summed E-state index contributed by atoms with van der Waals surface area (Å²) in [6, 6.07) is 4.83. The molecule has 1 unspecified atom stereocenters. The Labute approximate surface area is 123 Å². The molecule has 1 heterocycles. The summed E-state index contributed by atoms with van der Waals surface area (Å²) in [4.78, 5) is 6.63. The number of hydrogen-bond acceptors (Lipinski definition) is 3. The van der Waals surface area contributed by atoms with Crippen molar-refractivity contribution < 1.29 is 0 Å². The van der Waals surface area contributed by atoms with Crippen LogP contribution in [0.1, 0.15) is 44.6 Å². The van der Waals surface area contributed by atoms with Crippen LogP contribution in [-0.2, 0) is 6.54 Å². The fraction of sp³-hybridized carbons (Fsp3) is 0.706. The molecule has 0 saturated heterocycles. The van der Waals surface area contributed by atoms with E-state index in [9.17, 15) is 0 Å².